The number of nitrogens with one attached hydrogen (secondary N) is 1. The fourth-order valence-electron chi connectivity index (χ4n) is 1.15. The minimum atomic E-state index is -0.216. The Labute approximate surface area is 94.8 Å². The van der Waals surface area contributed by atoms with Crippen molar-refractivity contribution in [3.8, 4) is 0 Å². The van der Waals surface area contributed by atoms with E-state index in [1.807, 2.05) is 14.1 Å². The van der Waals surface area contributed by atoms with E-state index in [2.05, 4.69) is 20.4 Å². The highest BCUT2D eigenvalue weighted by molar-refractivity contribution is 5.92. The number of anilines is 1. The molecule has 1 aromatic heterocycles. The number of carbonyl (C=O) groups is 1. The number of nitrogen functional groups attached to an aromatic ring is 1. The largest absolute Gasteiger partial charge is 0.382 e. The van der Waals surface area contributed by atoms with Gasteiger partial charge in [-0.05, 0) is 39.2 Å². The van der Waals surface area contributed by atoms with E-state index in [0.717, 1.165) is 13.0 Å². The summed E-state index contributed by atoms with van der Waals surface area (Å²) in [7, 11) is 3.99. The molecule has 1 heterocycles. The first-order chi connectivity index (χ1) is 7.59. The molecule has 0 saturated carbocycles. The van der Waals surface area contributed by atoms with E-state index in [-0.39, 0.29) is 5.91 Å². The zero-order valence-electron chi connectivity index (χ0n) is 9.60. The monoisotopic (exact) mass is 223 g/mol. The van der Waals surface area contributed by atoms with Crippen LogP contribution in [0.5, 0.6) is 0 Å². The quantitative estimate of drug-likeness (QED) is 0.672. The van der Waals surface area contributed by atoms with Crippen molar-refractivity contribution in [3.63, 3.8) is 0 Å². The first-order valence-corrected chi connectivity index (χ1v) is 5.11. The van der Waals surface area contributed by atoms with Crippen LogP contribution in [0.1, 0.15) is 16.9 Å². The van der Waals surface area contributed by atoms with Gasteiger partial charge >= 0.3 is 0 Å². The van der Waals surface area contributed by atoms with Crippen molar-refractivity contribution < 1.29 is 4.79 Å². The lowest BCUT2D eigenvalue weighted by molar-refractivity contribution is 0.0946. The van der Waals surface area contributed by atoms with Gasteiger partial charge in [-0.25, -0.2) is 0 Å². The molecule has 6 nitrogen and oxygen atoms in total. The predicted octanol–water partition coefficient (Wildman–Crippen LogP) is -0.260. The summed E-state index contributed by atoms with van der Waals surface area (Å²) in [5, 5.41) is 10.1. The maximum atomic E-state index is 11.5. The number of hydrogen-bond acceptors (Lipinski definition) is 5. The summed E-state index contributed by atoms with van der Waals surface area (Å²) >= 11 is 0. The van der Waals surface area contributed by atoms with Crippen molar-refractivity contribution in [1.82, 2.24) is 20.4 Å². The van der Waals surface area contributed by atoms with Crippen molar-refractivity contribution in [2.45, 2.75) is 6.42 Å². The molecule has 0 aromatic carbocycles. The molecule has 88 valence electrons. The Hall–Kier alpha value is -1.69. The Kier molecular flexibility index (Phi) is 4.65. The van der Waals surface area contributed by atoms with Crippen LogP contribution in [0.15, 0.2) is 12.1 Å². The standard InChI is InChI=1S/C10H17N5O/c1-15(2)7-3-6-12-10(16)8-4-5-9(11)14-13-8/h4-5H,3,6-7H2,1-2H3,(H2,11,14)(H,12,16). The third-order valence-corrected chi connectivity index (χ3v) is 1.99. The number of amides is 1. The number of carbonyl (C=O) groups excluding carboxylic acids is 1. The second kappa shape index (κ2) is 6.02. The molecule has 1 aromatic rings. The van der Waals surface area contributed by atoms with Gasteiger partial charge in [0, 0.05) is 6.54 Å². The Morgan fingerprint density at radius 2 is 2.19 bits per heavy atom. The first-order valence-electron chi connectivity index (χ1n) is 5.11. The molecule has 0 aliphatic rings. The lowest BCUT2D eigenvalue weighted by Gasteiger charge is -2.09. The van der Waals surface area contributed by atoms with Crippen LogP contribution >= 0.6 is 0 Å². The number of nitrogens with zero attached hydrogens (tertiary/aromatic N) is 3. The minimum Gasteiger partial charge on any atom is -0.382 e. The molecule has 0 atom stereocenters. The lowest BCUT2D eigenvalue weighted by atomic mass is 10.3. The van der Waals surface area contributed by atoms with Gasteiger partial charge in [-0.3, -0.25) is 4.79 Å². The van der Waals surface area contributed by atoms with Crippen LogP contribution in [0.2, 0.25) is 0 Å². The SMILES string of the molecule is CN(C)CCCNC(=O)c1ccc(N)nn1. The maximum absolute atomic E-state index is 11.5. The smallest absolute Gasteiger partial charge is 0.271 e. The summed E-state index contributed by atoms with van der Waals surface area (Å²) in [6, 6.07) is 3.12. The van der Waals surface area contributed by atoms with Crippen molar-refractivity contribution in [3.05, 3.63) is 17.8 Å². The van der Waals surface area contributed by atoms with Gasteiger partial charge in [0.1, 0.15) is 5.82 Å². The molecular weight excluding hydrogens is 206 g/mol. The highest BCUT2D eigenvalue weighted by Gasteiger charge is 2.06. The summed E-state index contributed by atoms with van der Waals surface area (Å²) in [5.74, 6) is 0.0930. The number of aromatic nitrogens is 2. The van der Waals surface area contributed by atoms with Crippen LogP contribution in [0.25, 0.3) is 0 Å². The summed E-state index contributed by atoms with van der Waals surface area (Å²) in [6.45, 7) is 1.57. The maximum Gasteiger partial charge on any atom is 0.271 e. The number of nitrogens with two attached hydrogens (primary N) is 1. The molecule has 6 heteroatoms. The Bertz CT molecular complexity index is 336. The van der Waals surface area contributed by atoms with Gasteiger partial charge < -0.3 is 16.0 Å². The molecule has 0 radical (unpaired) electrons. The average molecular weight is 223 g/mol. The van der Waals surface area contributed by atoms with E-state index in [9.17, 15) is 4.79 Å². The highest BCUT2D eigenvalue weighted by Crippen LogP contribution is 1.96. The van der Waals surface area contributed by atoms with E-state index in [1.54, 1.807) is 12.1 Å². The Morgan fingerprint density at radius 3 is 2.75 bits per heavy atom. The molecule has 0 bridgehead atoms. The molecule has 0 spiro atoms. The van der Waals surface area contributed by atoms with Crippen LogP contribution < -0.4 is 11.1 Å². The molecular formula is C10H17N5O. The van der Waals surface area contributed by atoms with Crippen molar-refractivity contribution in [2.75, 3.05) is 32.9 Å². The molecule has 0 unspecified atom stereocenters. The third-order valence-electron chi connectivity index (χ3n) is 1.99. The summed E-state index contributed by atoms with van der Waals surface area (Å²) in [6.07, 6.45) is 0.904. The van der Waals surface area contributed by atoms with Gasteiger partial charge in [-0.2, -0.15) is 0 Å². The van der Waals surface area contributed by atoms with E-state index in [1.165, 1.54) is 0 Å². The van der Waals surface area contributed by atoms with Gasteiger partial charge in [0.05, 0.1) is 0 Å². The fraction of sp³-hybridized carbons (Fsp3) is 0.500. The molecule has 1 amide bonds. The van der Waals surface area contributed by atoms with Crippen LogP contribution in [-0.2, 0) is 0 Å². The van der Waals surface area contributed by atoms with E-state index in [0.29, 0.717) is 18.1 Å². The number of hydrogen-bond donors (Lipinski definition) is 2. The first kappa shape index (κ1) is 12.4. The second-order valence-electron chi connectivity index (χ2n) is 3.76. The molecule has 0 aliphatic heterocycles. The van der Waals surface area contributed by atoms with Crippen molar-refractivity contribution in [1.29, 1.82) is 0 Å². The average Bonchev–Trinajstić information content (AvgIpc) is 2.25. The fourth-order valence-corrected chi connectivity index (χ4v) is 1.15. The minimum absolute atomic E-state index is 0.216. The molecule has 0 aliphatic carbocycles. The summed E-state index contributed by atoms with van der Waals surface area (Å²) in [5.41, 5.74) is 5.66. The Morgan fingerprint density at radius 1 is 1.44 bits per heavy atom. The van der Waals surface area contributed by atoms with Crippen molar-refractivity contribution >= 4 is 11.7 Å². The van der Waals surface area contributed by atoms with Gasteiger partial charge in [0.15, 0.2) is 5.69 Å². The van der Waals surface area contributed by atoms with Gasteiger partial charge in [-0.1, -0.05) is 0 Å². The van der Waals surface area contributed by atoms with Gasteiger partial charge in [-0.15, -0.1) is 10.2 Å². The van der Waals surface area contributed by atoms with Crippen LogP contribution in [-0.4, -0.2) is 48.2 Å². The molecule has 16 heavy (non-hydrogen) atoms. The van der Waals surface area contributed by atoms with E-state index in [4.69, 9.17) is 5.73 Å². The highest BCUT2D eigenvalue weighted by atomic mass is 16.1. The van der Waals surface area contributed by atoms with E-state index >= 15 is 0 Å². The summed E-state index contributed by atoms with van der Waals surface area (Å²) < 4.78 is 0. The van der Waals surface area contributed by atoms with Crippen LogP contribution in [0, 0.1) is 0 Å². The Balaban J connectivity index is 2.32. The van der Waals surface area contributed by atoms with Crippen LogP contribution in [0.3, 0.4) is 0 Å². The number of rotatable bonds is 5. The third kappa shape index (κ3) is 4.22. The van der Waals surface area contributed by atoms with Gasteiger partial charge in [0.2, 0.25) is 0 Å². The summed E-state index contributed by atoms with van der Waals surface area (Å²) in [4.78, 5) is 13.6. The topological polar surface area (TPSA) is 84.1 Å². The van der Waals surface area contributed by atoms with E-state index < -0.39 is 0 Å². The lowest BCUT2D eigenvalue weighted by Crippen LogP contribution is -2.28. The molecule has 0 fully saturated rings. The normalized spacial score (nSPS) is 10.4. The molecule has 3 N–H and O–H groups in total. The zero-order chi connectivity index (χ0) is 12.0. The molecule has 1 rings (SSSR count). The van der Waals surface area contributed by atoms with Gasteiger partial charge in [0.25, 0.3) is 5.91 Å². The van der Waals surface area contributed by atoms with Crippen molar-refractivity contribution in [2.24, 2.45) is 0 Å². The van der Waals surface area contributed by atoms with Crippen LogP contribution in [0.4, 0.5) is 5.82 Å². The predicted molar refractivity (Wildman–Crippen MR) is 61.9 cm³/mol. The second-order valence-corrected chi connectivity index (χ2v) is 3.76. The molecule has 0 saturated heterocycles. The zero-order valence-corrected chi connectivity index (χ0v) is 9.60.